The average molecular weight is 527 g/mol. The zero-order valence-electron chi connectivity index (χ0n) is 14.1. The summed E-state index contributed by atoms with van der Waals surface area (Å²) in [4.78, 5) is 4.23. The molecular weight excluding hydrogens is 507 g/mol. The minimum Gasteiger partial charge on any atom is -1.00 e. The molecular formula is C20H20BrIN2S. The van der Waals surface area contributed by atoms with Crippen LogP contribution in [-0.4, -0.2) is 25.0 Å². The summed E-state index contributed by atoms with van der Waals surface area (Å²) >= 11 is 5.50. The molecule has 0 aliphatic carbocycles. The van der Waals surface area contributed by atoms with Gasteiger partial charge in [-0.05, 0) is 49.7 Å². The molecule has 1 fully saturated rings. The van der Waals surface area contributed by atoms with Gasteiger partial charge in [-0.3, -0.25) is 4.90 Å². The van der Waals surface area contributed by atoms with E-state index in [0.717, 1.165) is 8.96 Å². The normalized spacial score (nSPS) is 27.1. The second kappa shape index (κ2) is 6.60. The number of benzene rings is 1. The Morgan fingerprint density at radius 2 is 1.88 bits per heavy atom. The third kappa shape index (κ3) is 2.62. The van der Waals surface area contributed by atoms with E-state index in [4.69, 9.17) is 0 Å². The number of likely N-dealkylation sites (N-methyl/N-ethyl adjacent to an activating group) is 1. The maximum absolute atomic E-state index is 3.55. The fraction of sp³-hybridized carbons (Fsp3) is 0.300. The SMILES string of the molecule is C[N@@+]12C=CC=C1[C@@H](N1CCCC1)c1scc(-c3ccc(Br)cc3)c12.[I-]. The van der Waals surface area contributed by atoms with Crippen molar-refractivity contribution in [2.24, 2.45) is 0 Å². The van der Waals surface area contributed by atoms with E-state index in [9.17, 15) is 0 Å². The van der Waals surface area contributed by atoms with E-state index in [1.807, 2.05) is 11.3 Å². The van der Waals surface area contributed by atoms with E-state index < -0.39 is 0 Å². The summed E-state index contributed by atoms with van der Waals surface area (Å²) in [6.45, 7) is 2.46. The van der Waals surface area contributed by atoms with Crippen LogP contribution in [0.25, 0.3) is 11.1 Å². The van der Waals surface area contributed by atoms with E-state index in [2.05, 4.69) is 75.9 Å². The van der Waals surface area contributed by atoms with Crippen molar-refractivity contribution in [1.82, 2.24) is 9.38 Å². The molecule has 5 heteroatoms. The van der Waals surface area contributed by atoms with Crippen LogP contribution in [-0.2, 0) is 0 Å². The van der Waals surface area contributed by atoms with Crippen molar-refractivity contribution < 1.29 is 24.0 Å². The molecule has 0 unspecified atom stereocenters. The number of rotatable bonds is 2. The van der Waals surface area contributed by atoms with E-state index in [-0.39, 0.29) is 24.0 Å². The maximum Gasteiger partial charge on any atom is 0.166 e. The number of fused-ring (bicyclic) bond motifs is 3. The molecule has 25 heavy (non-hydrogen) atoms. The Morgan fingerprint density at radius 1 is 1.16 bits per heavy atom. The lowest BCUT2D eigenvalue weighted by Crippen LogP contribution is -3.00. The molecule has 2 aromatic rings. The van der Waals surface area contributed by atoms with Crippen molar-refractivity contribution in [1.29, 1.82) is 0 Å². The standard InChI is InChI=1S/C20H20BrN2S.HI/c1-23-12-4-5-17(23)18(22-10-2-3-11-22)20-19(23)16(13-24-20)14-6-8-15(21)9-7-14;/h4-9,12-13,18H,2-3,10-11H2,1H3;1H/q+1;/p-1/t18-,23-;/m1./s1. The second-order valence-corrected chi connectivity index (χ2v) is 8.85. The molecule has 1 aromatic carbocycles. The maximum atomic E-state index is 3.55. The van der Waals surface area contributed by atoms with Gasteiger partial charge in [0.05, 0.1) is 17.5 Å². The van der Waals surface area contributed by atoms with Gasteiger partial charge in [-0.2, -0.15) is 0 Å². The Balaban J connectivity index is 0.00000157. The average Bonchev–Trinajstić information content (AvgIpc) is 3.31. The minimum atomic E-state index is 0. The van der Waals surface area contributed by atoms with Crippen LogP contribution in [0.15, 0.2) is 58.2 Å². The van der Waals surface area contributed by atoms with Gasteiger partial charge >= 0.3 is 0 Å². The first kappa shape index (κ1) is 17.9. The predicted octanol–water partition coefficient (Wildman–Crippen LogP) is 2.68. The molecule has 0 amide bonds. The Labute approximate surface area is 178 Å². The van der Waals surface area contributed by atoms with Crippen LogP contribution >= 0.6 is 27.3 Å². The highest BCUT2D eigenvalue weighted by Crippen LogP contribution is 2.58. The summed E-state index contributed by atoms with van der Waals surface area (Å²) in [5.74, 6) is 0. The zero-order chi connectivity index (χ0) is 16.3. The lowest BCUT2D eigenvalue weighted by atomic mass is 10.1. The third-order valence-electron chi connectivity index (χ3n) is 5.63. The van der Waals surface area contributed by atoms with E-state index in [1.165, 1.54) is 48.4 Å². The lowest BCUT2D eigenvalue weighted by molar-refractivity contribution is -0.00000449. The Hall–Kier alpha value is -0.470. The van der Waals surface area contributed by atoms with Gasteiger partial charge in [0, 0.05) is 15.9 Å². The number of thiophene rings is 1. The fourth-order valence-electron chi connectivity index (χ4n) is 4.46. The Kier molecular flexibility index (Phi) is 4.73. The number of quaternary nitrogens is 1. The molecule has 0 spiro atoms. The first-order valence-corrected chi connectivity index (χ1v) is 10.2. The number of allylic oxidation sites excluding steroid dienone is 2. The van der Waals surface area contributed by atoms with Crippen LogP contribution in [0, 0.1) is 0 Å². The molecule has 4 heterocycles. The monoisotopic (exact) mass is 526 g/mol. The summed E-state index contributed by atoms with van der Waals surface area (Å²) in [7, 11) is 2.35. The molecule has 0 bridgehead atoms. The third-order valence-corrected chi connectivity index (χ3v) is 7.19. The van der Waals surface area contributed by atoms with Gasteiger partial charge in [-0.25, -0.2) is 4.48 Å². The van der Waals surface area contributed by atoms with Crippen LogP contribution in [0.1, 0.15) is 23.8 Å². The van der Waals surface area contributed by atoms with Crippen molar-refractivity contribution in [3.8, 4) is 11.1 Å². The van der Waals surface area contributed by atoms with Crippen LogP contribution in [0.3, 0.4) is 0 Å². The number of nitrogens with zero attached hydrogens (tertiary/aromatic N) is 2. The molecule has 1 aromatic heterocycles. The van der Waals surface area contributed by atoms with Crippen molar-refractivity contribution in [3.63, 3.8) is 0 Å². The molecule has 1 saturated heterocycles. The smallest absolute Gasteiger partial charge is 0.166 e. The quantitative estimate of drug-likeness (QED) is 0.429. The van der Waals surface area contributed by atoms with Gasteiger partial charge in [0.1, 0.15) is 17.9 Å². The first-order chi connectivity index (χ1) is 11.7. The summed E-state index contributed by atoms with van der Waals surface area (Å²) in [6, 6.07) is 9.21. The Morgan fingerprint density at radius 3 is 2.60 bits per heavy atom. The van der Waals surface area contributed by atoms with Crippen molar-refractivity contribution >= 4 is 33.0 Å². The van der Waals surface area contributed by atoms with Gasteiger partial charge < -0.3 is 24.0 Å². The van der Waals surface area contributed by atoms with E-state index in [0.29, 0.717) is 6.04 Å². The molecule has 5 rings (SSSR count). The van der Waals surface area contributed by atoms with Gasteiger partial charge in [-0.15, -0.1) is 11.3 Å². The molecule has 3 aliphatic rings. The van der Waals surface area contributed by atoms with Crippen LogP contribution in [0.4, 0.5) is 5.69 Å². The first-order valence-electron chi connectivity index (χ1n) is 8.56. The van der Waals surface area contributed by atoms with Gasteiger partial charge in [-0.1, -0.05) is 28.1 Å². The van der Waals surface area contributed by atoms with E-state index in [1.54, 1.807) is 4.88 Å². The van der Waals surface area contributed by atoms with Crippen molar-refractivity contribution in [2.45, 2.75) is 18.9 Å². The number of likely N-dealkylation sites (tertiary alicyclic amines) is 1. The van der Waals surface area contributed by atoms with Gasteiger partial charge in [0.25, 0.3) is 0 Å². The largest absolute Gasteiger partial charge is 1.00 e. The summed E-state index contributed by atoms with van der Waals surface area (Å²) in [6.07, 6.45) is 9.60. The highest BCUT2D eigenvalue weighted by Gasteiger charge is 2.52. The molecule has 2 nitrogen and oxygen atoms in total. The highest BCUT2D eigenvalue weighted by molar-refractivity contribution is 9.10. The van der Waals surface area contributed by atoms with Crippen LogP contribution < -0.4 is 28.5 Å². The highest BCUT2D eigenvalue weighted by atomic mass is 127. The van der Waals surface area contributed by atoms with Crippen molar-refractivity contribution in [3.05, 3.63) is 63.0 Å². The van der Waals surface area contributed by atoms with Gasteiger partial charge in [0.2, 0.25) is 0 Å². The van der Waals surface area contributed by atoms with Crippen LogP contribution in [0.5, 0.6) is 0 Å². The molecule has 0 N–H and O–H groups in total. The molecule has 3 aliphatic heterocycles. The predicted molar refractivity (Wildman–Crippen MR) is 106 cm³/mol. The molecule has 2 atom stereocenters. The number of hydrogen-bond donors (Lipinski definition) is 0. The lowest BCUT2D eigenvalue weighted by Gasteiger charge is -2.28. The topological polar surface area (TPSA) is 3.24 Å². The van der Waals surface area contributed by atoms with Gasteiger partial charge in [0.15, 0.2) is 5.69 Å². The number of halogens is 2. The summed E-state index contributed by atoms with van der Waals surface area (Å²) in [5.41, 5.74) is 5.72. The minimum absolute atomic E-state index is 0. The van der Waals surface area contributed by atoms with Crippen molar-refractivity contribution in [2.75, 3.05) is 20.1 Å². The molecule has 0 saturated carbocycles. The molecule has 130 valence electrons. The second-order valence-electron chi connectivity index (χ2n) is 7.02. The molecule has 0 radical (unpaired) electrons. The Bertz CT molecular complexity index is 864. The summed E-state index contributed by atoms with van der Waals surface area (Å²) < 4.78 is 1.99. The fourth-order valence-corrected chi connectivity index (χ4v) is 6.03. The summed E-state index contributed by atoms with van der Waals surface area (Å²) in [5, 5.41) is 2.36. The zero-order valence-corrected chi connectivity index (χ0v) is 18.6. The number of hydrogen-bond acceptors (Lipinski definition) is 2. The van der Waals surface area contributed by atoms with Crippen LogP contribution in [0.2, 0.25) is 0 Å². The van der Waals surface area contributed by atoms with E-state index >= 15 is 0 Å².